The molecule has 0 bridgehead atoms. The highest BCUT2D eigenvalue weighted by atomic mass is 16.2. The fourth-order valence-electron chi connectivity index (χ4n) is 5.36. The number of pyridine rings is 1. The summed E-state index contributed by atoms with van der Waals surface area (Å²) in [5, 5.41) is 0. The van der Waals surface area contributed by atoms with Crippen molar-refractivity contribution in [2.75, 3.05) is 52.4 Å². The van der Waals surface area contributed by atoms with Crippen LogP contribution >= 0.6 is 0 Å². The molecule has 0 radical (unpaired) electrons. The van der Waals surface area contributed by atoms with Crippen molar-refractivity contribution in [2.24, 2.45) is 0 Å². The number of likely N-dealkylation sites (tertiary alicyclic amines) is 1. The first-order chi connectivity index (χ1) is 17.1. The lowest BCUT2D eigenvalue weighted by Crippen LogP contribution is -2.49. The Morgan fingerprint density at radius 1 is 0.914 bits per heavy atom. The van der Waals surface area contributed by atoms with Gasteiger partial charge < -0.3 is 14.4 Å². The molecule has 1 amide bonds. The van der Waals surface area contributed by atoms with Crippen molar-refractivity contribution in [2.45, 2.75) is 46.1 Å². The summed E-state index contributed by atoms with van der Waals surface area (Å²) in [6.45, 7) is 12.0. The summed E-state index contributed by atoms with van der Waals surface area (Å²) >= 11 is 0. The molecule has 35 heavy (non-hydrogen) atoms. The van der Waals surface area contributed by atoms with Crippen molar-refractivity contribution in [1.82, 2.24) is 19.3 Å². The summed E-state index contributed by atoms with van der Waals surface area (Å²) in [6, 6.07) is 12.0. The number of aryl methyl sites for hydroxylation is 1. The van der Waals surface area contributed by atoms with E-state index in [9.17, 15) is 9.59 Å². The maximum Gasteiger partial charge on any atom is 0.259 e. The number of carbonyl (C=O) groups excluding carboxylic acids is 1. The molecule has 2 saturated heterocycles. The molecule has 2 aromatic rings. The Balaban J connectivity index is 1.40. The third-order valence-corrected chi connectivity index (χ3v) is 7.40. The van der Waals surface area contributed by atoms with Crippen LogP contribution in [-0.4, -0.2) is 77.5 Å². The molecule has 0 spiro atoms. The van der Waals surface area contributed by atoms with Crippen LogP contribution < -0.4 is 5.43 Å². The lowest BCUT2D eigenvalue weighted by atomic mass is 10.1. The van der Waals surface area contributed by atoms with E-state index in [0.717, 1.165) is 57.2 Å². The Morgan fingerprint density at radius 3 is 2.31 bits per heavy atom. The molecular weight excluding hydrogens is 436 g/mol. The van der Waals surface area contributed by atoms with E-state index in [1.165, 1.54) is 24.8 Å². The van der Waals surface area contributed by atoms with Crippen LogP contribution in [-0.2, 0) is 13.0 Å². The van der Waals surface area contributed by atoms with Gasteiger partial charge in [-0.15, -0.1) is 0 Å². The van der Waals surface area contributed by atoms with Crippen molar-refractivity contribution in [3.8, 4) is 0 Å². The summed E-state index contributed by atoms with van der Waals surface area (Å²) in [5.74, 6) is -0.0990. The molecule has 1 aromatic carbocycles. The molecule has 0 aliphatic carbocycles. The summed E-state index contributed by atoms with van der Waals surface area (Å²) in [5.41, 5.74) is 3.30. The van der Waals surface area contributed by atoms with Gasteiger partial charge in [0.2, 0.25) is 0 Å². The first kappa shape index (κ1) is 25.4. The zero-order chi connectivity index (χ0) is 24.6. The predicted octanol–water partition coefficient (Wildman–Crippen LogP) is 3.68. The van der Waals surface area contributed by atoms with E-state index in [-0.39, 0.29) is 11.3 Å². The average Bonchev–Trinajstić information content (AvgIpc) is 2.89. The molecule has 3 heterocycles. The number of amides is 1. The number of hydrogen-bond acceptors (Lipinski definition) is 4. The van der Waals surface area contributed by atoms with Crippen molar-refractivity contribution in [3.05, 3.63) is 75.2 Å². The molecular formula is C29H40N4O2. The molecule has 6 nitrogen and oxygen atoms in total. The van der Waals surface area contributed by atoms with Gasteiger partial charge in [-0.3, -0.25) is 14.5 Å². The van der Waals surface area contributed by atoms with Crippen LogP contribution in [0.3, 0.4) is 0 Å². The van der Waals surface area contributed by atoms with Gasteiger partial charge in [0.25, 0.3) is 5.91 Å². The summed E-state index contributed by atoms with van der Waals surface area (Å²) in [6.07, 6.45) is 8.86. The minimum Gasteiger partial charge on any atom is -0.347 e. The molecule has 2 aliphatic rings. The maximum atomic E-state index is 13.5. The molecule has 0 unspecified atom stereocenters. The van der Waals surface area contributed by atoms with E-state index in [1.54, 1.807) is 6.07 Å². The first-order valence-corrected chi connectivity index (χ1v) is 13.3. The Hall–Kier alpha value is -2.70. The molecule has 0 atom stereocenters. The number of piperazine rings is 1. The number of piperidine rings is 1. The van der Waals surface area contributed by atoms with E-state index >= 15 is 0 Å². The first-order valence-electron chi connectivity index (χ1n) is 13.3. The van der Waals surface area contributed by atoms with Crippen molar-refractivity contribution in [1.29, 1.82) is 0 Å². The molecule has 1 aromatic heterocycles. The van der Waals surface area contributed by atoms with E-state index < -0.39 is 0 Å². The van der Waals surface area contributed by atoms with Gasteiger partial charge in [-0.2, -0.15) is 0 Å². The number of benzene rings is 1. The fraction of sp³-hybridized carbons (Fsp3) is 0.517. The zero-order valence-corrected chi connectivity index (χ0v) is 21.4. The van der Waals surface area contributed by atoms with Gasteiger partial charge in [0.1, 0.15) is 5.56 Å². The minimum absolute atomic E-state index is 0.0990. The minimum atomic E-state index is -0.133. The van der Waals surface area contributed by atoms with E-state index in [2.05, 4.69) is 45.6 Å². The smallest absolute Gasteiger partial charge is 0.259 e. The van der Waals surface area contributed by atoms with E-state index in [0.29, 0.717) is 25.1 Å². The topological polar surface area (TPSA) is 48.8 Å². The largest absolute Gasteiger partial charge is 0.347 e. The summed E-state index contributed by atoms with van der Waals surface area (Å²) in [4.78, 5) is 33.3. The van der Waals surface area contributed by atoms with E-state index in [4.69, 9.17) is 0 Å². The van der Waals surface area contributed by atoms with Crippen LogP contribution in [0.15, 0.2) is 47.3 Å². The highest BCUT2D eigenvalue weighted by Gasteiger charge is 2.27. The maximum absolute atomic E-state index is 13.5. The second-order valence-corrected chi connectivity index (χ2v) is 9.79. The van der Waals surface area contributed by atoms with Gasteiger partial charge in [0.05, 0.1) is 0 Å². The van der Waals surface area contributed by atoms with Gasteiger partial charge in [-0.05, 0) is 44.8 Å². The lowest BCUT2D eigenvalue weighted by Gasteiger charge is -2.34. The molecule has 0 saturated carbocycles. The monoisotopic (exact) mass is 476 g/mol. The fourth-order valence-corrected chi connectivity index (χ4v) is 5.36. The quantitative estimate of drug-likeness (QED) is 0.583. The highest BCUT2D eigenvalue weighted by molar-refractivity contribution is 5.95. The number of aromatic nitrogens is 1. The number of carbonyl (C=O) groups is 1. The second-order valence-electron chi connectivity index (χ2n) is 9.79. The summed E-state index contributed by atoms with van der Waals surface area (Å²) in [7, 11) is 0. The Morgan fingerprint density at radius 2 is 1.63 bits per heavy atom. The Labute approximate surface area is 209 Å². The Bertz CT molecular complexity index is 1060. The van der Waals surface area contributed by atoms with Gasteiger partial charge in [0.15, 0.2) is 5.43 Å². The normalized spacial score (nSPS) is 17.8. The van der Waals surface area contributed by atoms with Gasteiger partial charge in [0, 0.05) is 63.3 Å². The average molecular weight is 477 g/mol. The molecule has 4 rings (SSSR count). The standard InChI is InChI=1S/C29H40N4O2/c1-3-26-28(27(34)23-24(2)33(26)22-19-30-14-8-5-9-15-30)29(35)32-20-17-31(18-21-32)16-10-13-25-11-6-4-7-12-25/h4,6-7,10-13,23H,3,5,8-9,14-22H2,1-2H3. The molecule has 0 N–H and O–H groups in total. The molecule has 6 heteroatoms. The molecule has 2 aliphatic heterocycles. The van der Waals surface area contributed by atoms with Crippen LogP contribution in [0.4, 0.5) is 0 Å². The van der Waals surface area contributed by atoms with Crippen LogP contribution in [0.1, 0.15) is 53.5 Å². The predicted molar refractivity (Wildman–Crippen MR) is 143 cm³/mol. The van der Waals surface area contributed by atoms with Crippen molar-refractivity contribution >= 4 is 12.0 Å². The molecule has 188 valence electrons. The third kappa shape index (κ3) is 6.50. The van der Waals surface area contributed by atoms with E-state index in [1.807, 2.05) is 30.0 Å². The van der Waals surface area contributed by atoms with Crippen molar-refractivity contribution < 1.29 is 4.79 Å². The Kier molecular flexibility index (Phi) is 8.94. The summed E-state index contributed by atoms with van der Waals surface area (Å²) < 4.78 is 2.22. The third-order valence-electron chi connectivity index (χ3n) is 7.40. The molecule has 2 fully saturated rings. The number of rotatable bonds is 8. The SMILES string of the molecule is CCc1c(C(=O)N2CCN(CC=Cc3ccccc3)CC2)c(=O)cc(C)n1CCN1CCCCC1. The highest BCUT2D eigenvalue weighted by Crippen LogP contribution is 2.16. The number of hydrogen-bond donors (Lipinski definition) is 0. The van der Waals surface area contributed by atoms with Crippen LogP contribution in [0.2, 0.25) is 0 Å². The van der Waals surface area contributed by atoms with Gasteiger partial charge in [-0.1, -0.05) is 55.8 Å². The van der Waals surface area contributed by atoms with Crippen molar-refractivity contribution in [3.63, 3.8) is 0 Å². The van der Waals surface area contributed by atoms with Gasteiger partial charge >= 0.3 is 0 Å². The van der Waals surface area contributed by atoms with Crippen LogP contribution in [0.5, 0.6) is 0 Å². The lowest BCUT2D eigenvalue weighted by molar-refractivity contribution is 0.0646. The second kappa shape index (κ2) is 12.3. The number of nitrogens with zero attached hydrogens (tertiary/aromatic N) is 4. The van der Waals surface area contributed by atoms with Crippen LogP contribution in [0, 0.1) is 6.92 Å². The zero-order valence-electron chi connectivity index (χ0n) is 21.4. The van der Waals surface area contributed by atoms with Gasteiger partial charge in [-0.25, -0.2) is 0 Å². The van der Waals surface area contributed by atoms with Crippen LogP contribution in [0.25, 0.3) is 6.08 Å².